The molecule has 25 heavy (non-hydrogen) atoms. The first kappa shape index (κ1) is 16.4. The number of carbonyl (C=O) groups excluding carboxylic acids is 2. The second kappa shape index (κ2) is 6.32. The summed E-state index contributed by atoms with van der Waals surface area (Å²) in [5.41, 5.74) is 0.213. The lowest BCUT2D eigenvalue weighted by molar-refractivity contribution is -0.149. The zero-order chi connectivity index (χ0) is 17.4. The molecule has 6 heteroatoms. The van der Waals surface area contributed by atoms with Crippen LogP contribution in [0.25, 0.3) is 0 Å². The van der Waals surface area contributed by atoms with Crippen molar-refractivity contribution in [3.05, 3.63) is 30.1 Å². The molecule has 0 atom stereocenters. The summed E-state index contributed by atoms with van der Waals surface area (Å²) in [4.78, 5) is 31.6. The van der Waals surface area contributed by atoms with Gasteiger partial charge in [0.2, 0.25) is 11.8 Å². The number of anilines is 1. The maximum Gasteiger partial charge on any atom is 0.238 e. The third-order valence-corrected chi connectivity index (χ3v) is 5.72. The minimum Gasteiger partial charge on any atom is -0.368 e. The average Bonchev–Trinajstić information content (AvgIpc) is 3.27. The predicted octanol–water partition coefficient (Wildman–Crippen LogP) is 1.88. The maximum absolute atomic E-state index is 13.1. The lowest BCUT2D eigenvalue weighted by atomic mass is 10.0. The molecule has 3 fully saturated rings. The van der Waals surface area contributed by atoms with Gasteiger partial charge in [0, 0.05) is 45.0 Å². The van der Waals surface area contributed by atoms with E-state index in [-0.39, 0.29) is 17.6 Å². The number of likely N-dealkylation sites (tertiary alicyclic amines) is 1. The average molecular weight is 345 g/mol. The van der Waals surface area contributed by atoms with Crippen LogP contribution in [0.5, 0.6) is 0 Å². The van der Waals surface area contributed by atoms with Gasteiger partial charge in [-0.15, -0.1) is 0 Å². The predicted molar refractivity (Wildman–Crippen MR) is 92.7 cm³/mol. The summed E-state index contributed by atoms with van der Waals surface area (Å²) in [5, 5.41) is 0. The van der Waals surface area contributed by atoms with E-state index in [2.05, 4.69) is 4.90 Å². The Morgan fingerprint density at radius 1 is 0.800 bits per heavy atom. The Bertz CT molecular complexity index is 658. The van der Waals surface area contributed by atoms with E-state index in [1.165, 1.54) is 12.1 Å². The minimum atomic E-state index is -0.762. The van der Waals surface area contributed by atoms with Crippen LogP contribution in [-0.4, -0.2) is 60.9 Å². The standard InChI is InChI=1S/C19H24FN3O2/c20-15-3-5-16(6-4-15)21-11-13-23(14-12-21)18(25)19(7-8-19)17(24)22-9-1-2-10-22/h3-6H,1-2,7-14H2. The lowest BCUT2D eigenvalue weighted by Gasteiger charge is -2.38. The van der Waals surface area contributed by atoms with Crippen LogP contribution in [0.15, 0.2) is 24.3 Å². The van der Waals surface area contributed by atoms with Crippen molar-refractivity contribution < 1.29 is 14.0 Å². The number of hydrogen-bond acceptors (Lipinski definition) is 3. The van der Waals surface area contributed by atoms with Crippen LogP contribution in [0.3, 0.4) is 0 Å². The number of nitrogens with zero attached hydrogens (tertiary/aromatic N) is 3. The van der Waals surface area contributed by atoms with Gasteiger partial charge in [0.1, 0.15) is 11.2 Å². The molecule has 0 spiro atoms. The number of amides is 2. The Morgan fingerprint density at radius 3 is 1.84 bits per heavy atom. The Morgan fingerprint density at radius 2 is 1.32 bits per heavy atom. The van der Waals surface area contributed by atoms with E-state index in [4.69, 9.17) is 0 Å². The summed E-state index contributed by atoms with van der Waals surface area (Å²) in [6.45, 7) is 4.26. The molecule has 1 saturated carbocycles. The van der Waals surface area contributed by atoms with Gasteiger partial charge in [0.05, 0.1) is 0 Å². The first-order chi connectivity index (χ1) is 12.1. The number of piperazine rings is 1. The van der Waals surface area contributed by atoms with Gasteiger partial charge in [-0.1, -0.05) is 0 Å². The van der Waals surface area contributed by atoms with E-state index in [0.29, 0.717) is 39.0 Å². The molecule has 4 rings (SSSR count). The molecule has 0 aromatic heterocycles. The number of halogens is 1. The fourth-order valence-electron chi connectivity index (χ4n) is 3.99. The van der Waals surface area contributed by atoms with E-state index >= 15 is 0 Å². The Hall–Kier alpha value is -2.11. The fourth-order valence-corrected chi connectivity index (χ4v) is 3.99. The van der Waals surface area contributed by atoms with Crippen molar-refractivity contribution >= 4 is 17.5 Å². The van der Waals surface area contributed by atoms with E-state index in [1.807, 2.05) is 9.80 Å². The van der Waals surface area contributed by atoms with Crippen molar-refractivity contribution in [3.8, 4) is 0 Å². The summed E-state index contributed by atoms with van der Waals surface area (Å²) in [5.74, 6) is -0.173. The number of hydrogen-bond donors (Lipinski definition) is 0. The molecule has 3 aliphatic rings. The van der Waals surface area contributed by atoms with E-state index in [9.17, 15) is 14.0 Å². The molecule has 0 radical (unpaired) electrons. The quantitative estimate of drug-likeness (QED) is 0.786. The SMILES string of the molecule is O=C(N1CCCC1)C1(C(=O)N2CCN(c3ccc(F)cc3)CC2)CC1. The van der Waals surface area contributed by atoms with Crippen molar-refractivity contribution in [2.45, 2.75) is 25.7 Å². The van der Waals surface area contributed by atoms with Crippen molar-refractivity contribution in [1.29, 1.82) is 0 Å². The number of benzene rings is 1. The molecule has 1 aromatic carbocycles. The molecular formula is C19H24FN3O2. The lowest BCUT2D eigenvalue weighted by Crippen LogP contribution is -2.53. The summed E-state index contributed by atoms with van der Waals surface area (Å²) in [7, 11) is 0. The highest BCUT2D eigenvalue weighted by Gasteiger charge is 2.59. The Kier molecular flexibility index (Phi) is 4.13. The van der Waals surface area contributed by atoms with Gasteiger partial charge in [-0.05, 0) is 49.9 Å². The summed E-state index contributed by atoms with van der Waals surface area (Å²) in [6, 6.07) is 6.46. The second-order valence-corrected chi connectivity index (χ2v) is 7.34. The molecule has 2 amide bonds. The minimum absolute atomic E-state index is 0.0168. The largest absolute Gasteiger partial charge is 0.368 e. The molecule has 0 bridgehead atoms. The Labute approximate surface area is 147 Å². The molecule has 1 aromatic rings. The highest BCUT2D eigenvalue weighted by molar-refractivity contribution is 6.08. The summed E-state index contributed by atoms with van der Waals surface area (Å²) in [6.07, 6.45) is 3.48. The summed E-state index contributed by atoms with van der Waals surface area (Å²) >= 11 is 0. The first-order valence-electron chi connectivity index (χ1n) is 9.19. The van der Waals surface area contributed by atoms with Crippen molar-refractivity contribution in [3.63, 3.8) is 0 Å². The first-order valence-corrected chi connectivity index (χ1v) is 9.19. The zero-order valence-corrected chi connectivity index (χ0v) is 14.4. The molecule has 5 nitrogen and oxygen atoms in total. The van der Waals surface area contributed by atoms with E-state index in [1.54, 1.807) is 12.1 Å². The van der Waals surface area contributed by atoms with E-state index in [0.717, 1.165) is 31.6 Å². The summed E-state index contributed by atoms with van der Waals surface area (Å²) < 4.78 is 13.1. The molecule has 0 N–H and O–H groups in total. The smallest absolute Gasteiger partial charge is 0.238 e. The molecule has 0 unspecified atom stereocenters. The highest BCUT2D eigenvalue weighted by Crippen LogP contribution is 2.49. The molecule has 1 aliphatic carbocycles. The third-order valence-electron chi connectivity index (χ3n) is 5.72. The molecule has 2 aliphatic heterocycles. The second-order valence-electron chi connectivity index (χ2n) is 7.34. The van der Waals surface area contributed by atoms with Crippen molar-refractivity contribution in [2.24, 2.45) is 5.41 Å². The van der Waals surface area contributed by atoms with Crippen molar-refractivity contribution in [1.82, 2.24) is 9.80 Å². The van der Waals surface area contributed by atoms with Gasteiger partial charge < -0.3 is 14.7 Å². The molecule has 2 saturated heterocycles. The fraction of sp³-hybridized carbons (Fsp3) is 0.579. The van der Waals surface area contributed by atoms with Crippen molar-refractivity contribution in [2.75, 3.05) is 44.2 Å². The maximum atomic E-state index is 13.1. The normalized spacial score (nSPS) is 22.2. The van der Waals surface area contributed by atoms with Crippen LogP contribution < -0.4 is 4.90 Å². The molecular weight excluding hydrogens is 321 g/mol. The molecule has 134 valence electrons. The Balaban J connectivity index is 1.38. The van der Waals surface area contributed by atoms with Crippen LogP contribution in [0.2, 0.25) is 0 Å². The van der Waals surface area contributed by atoms with Gasteiger partial charge >= 0.3 is 0 Å². The topological polar surface area (TPSA) is 43.9 Å². The highest BCUT2D eigenvalue weighted by atomic mass is 19.1. The number of carbonyl (C=O) groups is 2. The van der Waals surface area contributed by atoms with Crippen LogP contribution in [0, 0.1) is 11.2 Å². The van der Waals surface area contributed by atoms with Gasteiger partial charge in [0.15, 0.2) is 0 Å². The number of rotatable bonds is 3. The van der Waals surface area contributed by atoms with Gasteiger partial charge in [-0.2, -0.15) is 0 Å². The third kappa shape index (κ3) is 2.98. The van der Waals surface area contributed by atoms with Crippen LogP contribution >= 0.6 is 0 Å². The van der Waals surface area contributed by atoms with Gasteiger partial charge in [0.25, 0.3) is 0 Å². The van der Waals surface area contributed by atoms with Crippen LogP contribution in [0.4, 0.5) is 10.1 Å². The van der Waals surface area contributed by atoms with Gasteiger partial charge in [-0.25, -0.2) is 4.39 Å². The van der Waals surface area contributed by atoms with Crippen LogP contribution in [0.1, 0.15) is 25.7 Å². The zero-order valence-electron chi connectivity index (χ0n) is 14.4. The van der Waals surface area contributed by atoms with Gasteiger partial charge in [-0.3, -0.25) is 9.59 Å². The van der Waals surface area contributed by atoms with Crippen LogP contribution in [-0.2, 0) is 9.59 Å². The monoisotopic (exact) mass is 345 g/mol. The van der Waals surface area contributed by atoms with E-state index < -0.39 is 5.41 Å². The molecule has 2 heterocycles.